The molecular formula is C14H22N4S. The van der Waals surface area contributed by atoms with Crippen LogP contribution in [0.25, 0.3) is 0 Å². The number of rotatable bonds is 6. The summed E-state index contributed by atoms with van der Waals surface area (Å²) in [6, 6.07) is 2.59. The standard InChI is InChI=1S/C14H22N4S/c1-5-18-14(6-10(2)17-18)8-12(15-4)7-13-9-19-11(3)16-13/h6,9,12,15H,5,7-8H2,1-4H3. The third kappa shape index (κ3) is 3.64. The molecule has 0 saturated heterocycles. The Hall–Kier alpha value is -1.20. The number of hydrogen-bond acceptors (Lipinski definition) is 4. The van der Waals surface area contributed by atoms with E-state index in [4.69, 9.17) is 0 Å². The summed E-state index contributed by atoms with van der Waals surface area (Å²) >= 11 is 1.72. The van der Waals surface area contributed by atoms with Gasteiger partial charge in [-0.05, 0) is 33.9 Å². The summed E-state index contributed by atoms with van der Waals surface area (Å²) in [6.07, 6.45) is 1.95. The van der Waals surface area contributed by atoms with Gasteiger partial charge in [-0.3, -0.25) is 4.68 Å². The van der Waals surface area contributed by atoms with Crippen molar-refractivity contribution in [1.82, 2.24) is 20.1 Å². The summed E-state index contributed by atoms with van der Waals surface area (Å²) in [5.41, 5.74) is 3.57. The molecule has 19 heavy (non-hydrogen) atoms. The highest BCUT2D eigenvalue weighted by atomic mass is 32.1. The van der Waals surface area contributed by atoms with Crippen molar-refractivity contribution < 1.29 is 0 Å². The van der Waals surface area contributed by atoms with E-state index < -0.39 is 0 Å². The van der Waals surface area contributed by atoms with E-state index in [-0.39, 0.29) is 0 Å². The summed E-state index contributed by atoms with van der Waals surface area (Å²) in [7, 11) is 2.02. The summed E-state index contributed by atoms with van der Waals surface area (Å²) in [5, 5.41) is 11.2. The molecule has 2 aromatic heterocycles. The fraction of sp³-hybridized carbons (Fsp3) is 0.571. The number of hydrogen-bond donors (Lipinski definition) is 1. The zero-order chi connectivity index (χ0) is 13.8. The maximum atomic E-state index is 4.54. The summed E-state index contributed by atoms with van der Waals surface area (Å²) < 4.78 is 2.09. The molecule has 0 aliphatic rings. The number of likely N-dealkylation sites (N-methyl/N-ethyl adjacent to an activating group) is 1. The molecule has 2 heterocycles. The van der Waals surface area contributed by atoms with Crippen molar-refractivity contribution in [1.29, 1.82) is 0 Å². The molecule has 1 N–H and O–H groups in total. The summed E-state index contributed by atoms with van der Waals surface area (Å²) in [5.74, 6) is 0. The van der Waals surface area contributed by atoms with Crippen LogP contribution in [0.2, 0.25) is 0 Å². The maximum absolute atomic E-state index is 4.54. The molecule has 0 saturated carbocycles. The van der Waals surface area contributed by atoms with Crippen molar-refractivity contribution in [2.45, 2.75) is 46.2 Å². The smallest absolute Gasteiger partial charge is 0.0897 e. The van der Waals surface area contributed by atoms with Crippen molar-refractivity contribution >= 4 is 11.3 Å². The van der Waals surface area contributed by atoms with Gasteiger partial charge in [-0.25, -0.2) is 4.98 Å². The Morgan fingerprint density at radius 1 is 1.37 bits per heavy atom. The Morgan fingerprint density at radius 3 is 2.74 bits per heavy atom. The van der Waals surface area contributed by atoms with E-state index in [1.165, 1.54) is 11.4 Å². The second-order valence-electron chi connectivity index (χ2n) is 4.84. The number of aromatic nitrogens is 3. The lowest BCUT2D eigenvalue weighted by Gasteiger charge is -2.15. The molecule has 4 nitrogen and oxygen atoms in total. The van der Waals surface area contributed by atoms with E-state index in [0.29, 0.717) is 6.04 Å². The fourth-order valence-electron chi connectivity index (χ4n) is 2.32. The van der Waals surface area contributed by atoms with Crippen molar-refractivity contribution in [2.75, 3.05) is 7.05 Å². The Kier molecular flexibility index (Phi) is 4.71. The molecule has 0 amide bonds. The highest BCUT2D eigenvalue weighted by Crippen LogP contribution is 2.13. The lowest BCUT2D eigenvalue weighted by molar-refractivity contribution is 0.516. The molecule has 0 radical (unpaired) electrons. The van der Waals surface area contributed by atoms with Gasteiger partial charge >= 0.3 is 0 Å². The SMILES string of the molecule is CCn1nc(C)cc1CC(Cc1csc(C)n1)NC. The number of thiazole rings is 1. The van der Waals surface area contributed by atoms with Gasteiger partial charge in [0.05, 0.1) is 16.4 Å². The average molecular weight is 278 g/mol. The highest BCUT2D eigenvalue weighted by Gasteiger charge is 2.13. The Bertz CT molecular complexity index is 529. The highest BCUT2D eigenvalue weighted by molar-refractivity contribution is 7.09. The first-order valence-corrected chi connectivity index (χ1v) is 7.62. The minimum Gasteiger partial charge on any atom is -0.316 e. The number of aryl methyl sites for hydroxylation is 3. The van der Waals surface area contributed by atoms with Crippen LogP contribution >= 0.6 is 11.3 Å². The zero-order valence-electron chi connectivity index (χ0n) is 12.1. The molecule has 0 fully saturated rings. The Balaban J connectivity index is 2.06. The van der Waals surface area contributed by atoms with E-state index in [1.807, 2.05) is 14.0 Å². The largest absolute Gasteiger partial charge is 0.316 e. The molecule has 0 aliphatic carbocycles. The molecule has 0 aromatic carbocycles. The lowest BCUT2D eigenvalue weighted by atomic mass is 10.1. The van der Waals surface area contributed by atoms with Gasteiger partial charge in [-0.15, -0.1) is 11.3 Å². The normalized spacial score (nSPS) is 12.8. The third-order valence-electron chi connectivity index (χ3n) is 3.27. The van der Waals surface area contributed by atoms with E-state index >= 15 is 0 Å². The van der Waals surface area contributed by atoms with Crippen molar-refractivity contribution in [2.24, 2.45) is 0 Å². The quantitative estimate of drug-likeness (QED) is 0.882. The molecule has 0 spiro atoms. The number of nitrogens with one attached hydrogen (secondary N) is 1. The van der Waals surface area contributed by atoms with Crippen LogP contribution in [0.15, 0.2) is 11.4 Å². The maximum Gasteiger partial charge on any atom is 0.0897 e. The van der Waals surface area contributed by atoms with E-state index in [9.17, 15) is 0 Å². The third-order valence-corrected chi connectivity index (χ3v) is 4.09. The second kappa shape index (κ2) is 6.30. The molecule has 1 unspecified atom stereocenters. The van der Waals surface area contributed by atoms with Crippen LogP contribution in [0.1, 0.15) is 29.0 Å². The number of nitrogens with zero attached hydrogens (tertiary/aromatic N) is 3. The Morgan fingerprint density at radius 2 is 2.16 bits per heavy atom. The minimum absolute atomic E-state index is 0.405. The van der Waals surface area contributed by atoms with Gasteiger partial charge in [0.15, 0.2) is 0 Å². The van der Waals surface area contributed by atoms with Crippen molar-refractivity contribution in [3.8, 4) is 0 Å². The lowest BCUT2D eigenvalue weighted by Crippen LogP contribution is -2.31. The van der Waals surface area contributed by atoms with E-state index in [0.717, 1.165) is 30.1 Å². The molecule has 2 rings (SSSR count). The first-order chi connectivity index (χ1) is 9.12. The van der Waals surface area contributed by atoms with Crippen LogP contribution in [-0.4, -0.2) is 27.9 Å². The molecule has 0 bridgehead atoms. The van der Waals surface area contributed by atoms with Gasteiger partial charge in [0.2, 0.25) is 0 Å². The molecule has 0 aliphatic heterocycles. The fourth-order valence-corrected chi connectivity index (χ4v) is 2.95. The van der Waals surface area contributed by atoms with Gasteiger partial charge in [-0.1, -0.05) is 0 Å². The molecule has 2 aromatic rings. The second-order valence-corrected chi connectivity index (χ2v) is 5.91. The van der Waals surface area contributed by atoms with Gasteiger partial charge in [0.25, 0.3) is 0 Å². The Labute approximate surface area is 118 Å². The summed E-state index contributed by atoms with van der Waals surface area (Å²) in [4.78, 5) is 4.54. The van der Waals surface area contributed by atoms with Crippen LogP contribution in [0.4, 0.5) is 0 Å². The molecule has 5 heteroatoms. The first-order valence-electron chi connectivity index (χ1n) is 6.74. The van der Waals surface area contributed by atoms with Gasteiger partial charge in [-0.2, -0.15) is 5.10 Å². The first kappa shape index (κ1) is 14.2. The van der Waals surface area contributed by atoms with Crippen molar-refractivity contribution in [3.05, 3.63) is 33.5 Å². The molecule has 1 atom stereocenters. The van der Waals surface area contributed by atoms with E-state index in [2.05, 4.69) is 45.4 Å². The van der Waals surface area contributed by atoms with Gasteiger partial charge in [0, 0.05) is 36.5 Å². The predicted octanol–water partition coefficient (Wildman–Crippen LogP) is 2.35. The van der Waals surface area contributed by atoms with Gasteiger partial charge < -0.3 is 5.32 Å². The minimum atomic E-state index is 0.405. The van der Waals surface area contributed by atoms with E-state index in [1.54, 1.807) is 11.3 Å². The molecule has 104 valence electrons. The monoisotopic (exact) mass is 278 g/mol. The topological polar surface area (TPSA) is 42.7 Å². The molecular weight excluding hydrogens is 256 g/mol. The van der Waals surface area contributed by atoms with Crippen LogP contribution in [0.3, 0.4) is 0 Å². The summed E-state index contributed by atoms with van der Waals surface area (Å²) in [6.45, 7) is 7.16. The average Bonchev–Trinajstić information content (AvgIpc) is 2.94. The van der Waals surface area contributed by atoms with Crippen LogP contribution < -0.4 is 5.32 Å². The van der Waals surface area contributed by atoms with Crippen LogP contribution in [0.5, 0.6) is 0 Å². The predicted molar refractivity (Wildman–Crippen MR) is 79.7 cm³/mol. The van der Waals surface area contributed by atoms with Crippen molar-refractivity contribution in [3.63, 3.8) is 0 Å². The zero-order valence-corrected chi connectivity index (χ0v) is 12.9. The van der Waals surface area contributed by atoms with Crippen LogP contribution in [0, 0.1) is 13.8 Å². The van der Waals surface area contributed by atoms with Gasteiger partial charge in [0.1, 0.15) is 0 Å². The van der Waals surface area contributed by atoms with Crippen LogP contribution in [-0.2, 0) is 19.4 Å².